The van der Waals surface area contributed by atoms with Gasteiger partial charge < -0.3 is 0 Å². The van der Waals surface area contributed by atoms with Crippen LogP contribution >= 0.6 is 0 Å². The summed E-state index contributed by atoms with van der Waals surface area (Å²) < 4.78 is 0. The van der Waals surface area contributed by atoms with Gasteiger partial charge in [-0.3, -0.25) is 4.79 Å². The summed E-state index contributed by atoms with van der Waals surface area (Å²) in [6.45, 7) is 0. The molecule has 0 radical (unpaired) electrons. The van der Waals surface area contributed by atoms with Gasteiger partial charge >= 0.3 is 0 Å². The highest BCUT2D eigenvalue weighted by molar-refractivity contribution is 6.14. The first kappa shape index (κ1) is 30.1. The van der Waals surface area contributed by atoms with Crippen LogP contribution in [-0.4, -0.2) is 35.7 Å². The monoisotopic (exact) mass is 656 g/mol. The van der Waals surface area contributed by atoms with Crippen LogP contribution in [0.25, 0.3) is 45.0 Å². The van der Waals surface area contributed by atoms with E-state index in [-0.39, 0.29) is 5.78 Å². The number of carbonyl (C=O) groups excluding carboxylic acids is 1. The number of nitrogens with zero attached hydrogens (tertiary/aromatic N) is 6. The minimum Gasteiger partial charge on any atom is -0.289 e. The second-order valence-corrected chi connectivity index (χ2v) is 12.4. The highest BCUT2D eigenvalue weighted by atomic mass is 16.1. The highest BCUT2D eigenvalue weighted by Gasteiger charge is 2.46. The standard InChI is InChI=1S/C44H28N6O/c51-41-37-17-1-3-19-39(37)44(40-20-4-2-18-38(40)41,35-15-7-11-31(23-35)29-9-5-13-33(21-29)42-47-25-45-26-48-42)36-16-8-12-32(24-36)30-10-6-14-34(22-30)43-49-27-46-28-50-43/h1-28H. The van der Waals surface area contributed by atoms with E-state index < -0.39 is 5.41 Å². The first-order valence-corrected chi connectivity index (χ1v) is 16.6. The third kappa shape index (κ3) is 5.11. The summed E-state index contributed by atoms with van der Waals surface area (Å²) in [4.78, 5) is 39.6. The van der Waals surface area contributed by atoms with Gasteiger partial charge in [0.1, 0.15) is 25.3 Å². The van der Waals surface area contributed by atoms with Crippen molar-refractivity contribution >= 4 is 5.78 Å². The van der Waals surface area contributed by atoms with Crippen molar-refractivity contribution in [2.75, 3.05) is 0 Å². The lowest BCUT2D eigenvalue weighted by molar-refractivity contribution is 0.103. The van der Waals surface area contributed by atoms with Crippen LogP contribution in [0, 0.1) is 0 Å². The number of ketones is 1. The molecule has 9 rings (SSSR count). The topological polar surface area (TPSA) is 94.4 Å². The Hall–Kier alpha value is -6.99. The van der Waals surface area contributed by atoms with E-state index in [1.807, 2.05) is 60.7 Å². The number of carbonyl (C=O) groups is 1. The van der Waals surface area contributed by atoms with Crippen LogP contribution in [-0.2, 0) is 5.41 Å². The van der Waals surface area contributed by atoms with Crippen LogP contribution in [0.1, 0.15) is 38.2 Å². The molecule has 0 aliphatic heterocycles. The molecule has 51 heavy (non-hydrogen) atoms. The fourth-order valence-corrected chi connectivity index (χ4v) is 7.41. The molecule has 8 aromatic rings. The Labute approximate surface area is 294 Å². The number of aromatic nitrogens is 6. The van der Waals surface area contributed by atoms with E-state index >= 15 is 0 Å². The molecule has 0 fully saturated rings. The van der Waals surface area contributed by atoms with Crippen molar-refractivity contribution in [2.45, 2.75) is 5.41 Å². The number of benzene rings is 6. The van der Waals surface area contributed by atoms with Crippen LogP contribution in [0.5, 0.6) is 0 Å². The smallest absolute Gasteiger partial charge is 0.193 e. The SMILES string of the molecule is O=C1c2ccccc2C(c2cccc(-c3cccc(-c4ncncn4)c3)c2)(c2cccc(-c3cccc(-c4ncncn4)c3)c2)c2ccccc21. The normalized spacial score (nSPS) is 12.9. The van der Waals surface area contributed by atoms with Crippen molar-refractivity contribution < 1.29 is 4.79 Å². The third-order valence-electron chi connectivity index (χ3n) is 9.64. The lowest BCUT2D eigenvalue weighted by Gasteiger charge is -2.42. The average Bonchev–Trinajstić information content (AvgIpc) is 3.22. The van der Waals surface area contributed by atoms with Crippen molar-refractivity contribution in [3.05, 3.63) is 204 Å². The van der Waals surface area contributed by atoms with Gasteiger partial charge in [0, 0.05) is 22.3 Å². The molecule has 0 unspecified atom stereocenters. The number of fused-ring (bicyclic) bond motifs is 2. The lowest BCUT2D eigenvalue weighted by Crippen LogP contribution is -2.38. The van der Waals surface area contributed by atoms with Gasteiger partial charge in [0.15, 0.2) is 17.4 Å². The molecule has 0 spiro atoms. The van der Waals surface area contributed by atoms with Crippen molar-refractivity contribution in [1.29, 1.82) is 0 Å². The van der Waals surface area contributed by atoms with Crippen molar-refractivity contribution in [1.82, 2.24) is 29.9 Å². The van der Waals surface area contributed by atoms with E-state index in [1.54, 1.807) is 0 Å². The van der Waals surface area contributed by atoms with Crippen LogP contribution < -0.4 is 0 Å². The van der Waals surface area contributed by atoms with Crippen molar-refractivity contribution in [3.63, 3.8) is 0 Å². The number of rotatable bonds is 6. The van der Waals surface area contributed by atoms with Gasteiger partial charge in [-0.25, -0.2) is 29.9 Å². The zero-order valence-electron chi connectivity index (χ0n) is 27.3. The summed E-state index contributed by atoms with van der Waals surface area (Å²) in [5.74, 6) is 1.26. The molecular weight excluding hydrogens is 629 g/mol. The predicted octanol–water partition coefficient (Wildman–Crippen LogP) is 8.65. The first-order valence-electron chi connectivity index (χ1n) is 16.6. The molecule has 0 amide bonds. The Kier molecular flexibility index (Phi) is 7.36. The van der Waals surface area contributed by atoms with Gasteiger partial charge in [-0.15, -0.1) is 0 Å². The Bertz CT molecular complexity index is 2390. The number of hydrogen-bond donors (Lipinski definition) is 0. The molecule has 7 nitrogen and oxygen atoms in total. The summed E-state index contributed by atoms with van der Waals surface area (Å²) in [6, 6.07) is 49.8. The van der Waals surface area contributed by atoms with E-state index in [9.17, 15) is 4.79 Å². The molecule has 2 aromatic heterocycles. The second-order valence-electron chi connectivity index (χ2n) is 12.4. The zero-order valence-corrected chi connectivity index (χ0v) is 27.3. The molecule has 0 N–H and O–H groups in total. The summed E-state index contributed by atoms with van der Waals surface area (Å²) in [7, 11) is 0. The molecule has 1 aliphatic carbocycles. The Morgan fingerprint density at radius 3 is 1.20 bits per heavy atom. The van der Waals surface area contributed by atoms with Gasteiger partial charge in [-0.1, -0.05) is 121 Å². The maximum atomic E-state index is 14.1. The Balaban J connectivity index is 1.28. The molecule has 2 heterocycles. The quantitative estimate of drug-likeness (QED) is 0.177. The molecule has 0 atom stereocenters. The summed E-state index contributed by atoms with van der Waals surface area (Å²) >= 11 is 0. The first-order chi connectivity index (χ1) is 25.2. The number of hydrogen-bond acceptors (Lipinski definition) is 7. The predicted molar refractivity (Wildman–Crippen MR) is 197 cm³/mol. The molecule has 240 valence electrons. The third-order valence-corrected chi connectivity index (χ3v) is 9.64. The maximum absolute atomic E-state index is 14.1. The van der Waals surface area contributed by atoms with E-state index in [0.717, 1.165) is 55.6 Å². The van der Waals surface area contributed by atoms with Crippen LogP contribution in [0.15, 0.2) is 171 Å². The Morgan fingerprint density at radius 1 is 0.373 bits per heavy atom. The summed E-state index contributed by atoms with van der Waals surface area (Å²) in [5.41, 5.74) is 10.5. The fourth-order valence-electron chi connectivity index (χ4n) is 7.41. The van der Waals surface area contributed by atoms with Crippen LogP contribution in [0.2, 0.25) is 0 Å². The average molecular weight is 657 g/mol. The zero-order chi connectivity index (χ0) is 34.2. The van der Waals surface area contributed by atoms with Crippen molar-refractivity contribution in [2.24, 2.45) is 0 Å². The molecule has 0 saturated heterocycles. The summed E-state index contributed by atoms with van der Waals surface area (Å²) in [5, 5.41) is 0. The second kappa shape index (κ2) is 12.5. The van der Waals surface area contributed by atoms with E-state index in [2.05, 4.69) is 115 Å². The van der Waals surface area contributed by atoms with E-state index in [0.29, 0.717) is 22.8 Å². The minimum absolute atomic E-state index is 0.0271. The summed E-state index contributed by atoms with van der Waals surface area (Å²) in [6.07, 6.45) is 6.04. The minimum atomic E-state index is -0.815. The fraction of sp³-hybridized carbons (Fsp3) is 0.0227. The molecule has 1 aliphatic rings. The van der Waals surface area contributed by atoms with Gasteiger partial charge in [-0.2, -0.15) is 0 Å². The molecular formula is C44H28N6O. The van der Waals surface area contributed by atoms with Gasteiger partial charge in [0.25, 0.3) is 0 Å². The van der Waals surface area contributed by atoms with Gasteiger partial charge in [-0.05, 0) is 68.8 Å². The molecule has 0 saturated carbocycles. The molecule has 6 aromatic carbocycles. The van der Waals surface area contributed by atoms with E-state index in [4.69, 9.17) is 0 Å². The van der Waals surface area contributed by atoms with E-state index in [1.165, 1.54) is 25.3 Å². The van der Waals surface area contributed by atoms with Crippen LogP contribution in [0.3, 0.4) is 0 Å². The largest absolute Gasteiger partial charge is 0.289 e. The van der Waals surface area contributed by atoms with Gasteiger partial charge in [0.2, 0.25) is 0 Å². The maximum Gasteiger partial charge on any atom is 0.193 e. The molecule has 0 bridgehead atoms. The lowest BCUT2D eigenvalue weighted by atomic mass is 9.59. The van der Waals surface area contributed by atoms with Gasteiger partial charge in [0.05, 0.1) is 5.41 Å². The van der Waals surface area contributed by atoms with Crippen molar-refractivity contribution in [3.8, 4) is 45.0 Å². The van der Waals surface area contributed by atoms with Crippen LogP contribution in [0.4, 0.5) is 0 Å². The molecule has 7 heteroatoms. The highest BCUT2D eigenvalue weighted by Crippen LogP contribution is 2.51. The Morgan fingerprint density at radius 2 is 0.745 bits per heavy atom.